The van der Waals surface area contributed by atoms with Crippen LogP contribution in [0.4, 0.5) is 5.95 Å². The Morgan fingerprint density at radius 1 is 1.14 bits per heavy atom. The molecule has 0 atom stereocenters. The first kappa shape index (κ1) is 9.12. The maximum atomic E-state index is 10.3. The first-order valence-electron chi connectivity index (χ1n) is 4.85. The number of piperidine rings is 1. The van der Waals surface area contributed by atoms with E-state index in [1.165, 1.54) is 31.7 Å². The fourth-order valence-corrected chi connectivity index (χ4v) is 1.63. The van der Waals surface area contributed by atoms with Gasteiger partial charge in [-0.15, -0.1) is 0 Å². The Labute approximate surface area is 83.0 Å². The molecule has 0 amide bonds. The van der Waals surface area contributed by atoms with Crippen molar-refractivity contribution in [3.05, 3.63) is 18.0 Å². The van der Waals surface area contributed by atoms with Crippen molar-refractivity contribution in [2.75, 3.05) is 18.0 Å². The Morgan fingerprint density at radius 3 is 2.36 bits per heavy atom. The highest BCUT2D eigenvalue weighted by atomic mass is 16.1. The largest absolute Gasteiger partial charge is 0.341 e. The molecule has 0 N–H and O–H groups in total. The zero-order chi connectivity index (χ0) is 9.80. The molecule has 1 saturated heterocycles. The van der Waals surface area contributed by atoms with Crippen LogP contribution in [0.15, 0.2) is 12.4 Å². The predicted molar refractivity (Wildman–Crippen MR) is 52.9 cm³/mol. The van der Waals surface area contributed by atoms with Crippen molar-refractivity contribution < 1.29 is 4.79 Å². The average Bonchev–Trinajstić information content (AvgIpc) is 2.30. The normalized spacial score (nSPS) is 16.7. The van der Waals surface area contributed by atoms with Crippen LogP contribution in [0.5, 0.6) is 0 Å². The van der Waals surface area contributed by atoms with Crippen molar-refractivity contribution in [2.24, 2.45) is 0 Å². The Bertz CT molecular complexity index is 304. The van der Waals surface area contributed by atoms with E-state index in [-0.39, 0.29) is 0 Å². The van der Waals surface area contributed by atoms with Crippen molar-refractivity contribution in [3.63, 3.8) is 0 Å². The van der Waals surface area contributed by atoms with Gasteiger partial charge in [0.15, 0.2) is 0 Å². The molecule has 0 aliphatic carbocycles. The molecule has 1 aliphatic rings. The summed E-state index contributed by atoms with van der Waals surface area (Å²) in [6, 6.07) is 0. The molecule has 0 spiro atoms. The van der Waals surface area contributed by atoms with Gasteiger partial charge in [-0.2, -0.15) is 0 Å². The van der Waals surface area contributed by atoms with Crippen LogP contribution in [0.2, 0.25) is 0 Å². The molecular weight excluding hydrogens is 178 g/mol. The molecule has 14 heavy (non-hydrogen) atoms. The molecule has 1 aromatic heterocycles. The smallest absolute Gasteiger partial charge is 0.236 e. The van der Waals surface area contributed by atoms with Crippen LogP contribution in [-0.2, 0) is 4.79 Å². The molecule has 0 bridgehead atoms. The molecule has 2 rings (SSSR count). The topological polar surface area (TPSA) is 46.1 Å². The Morgan fingerprint density at radius 2 is 1.79 bits per heavy atom. The van der Waals surface area contributed by atoms with Crippen LogP contribution < -0.4 is 4.90 Å². The SMILES string of the molecule is O=[C]c1cnc(N2CCCCC2)nc1. The lowest BCUT2D eigenvalue weighted by molar-refractivity contribution is 0.561. The third-order valence-electron chi connectivity index (χ3n) is 2.39. The van der Waals surface area contributed by atoms with Gasteiger partial charge < -0.3 is 4.90 Å². The summed E-state index contributed by atoms with van der Waals surface area (Å²) in [5.41, 5.74) is 0.408. The predicted octanol–water partition coefficient (Wildman–Crippen LogP) is 0.925. The summed E-state index contributed by atoms with van der Waals surface area (Å²) in [6.07, 6.45) is 8.49. The number of aromatic nitrogens is 2. The Kier molecular flexibility index (Phi) is 2.72. The van der Waals surface area contributed by atoms with Crippen molar-refractivity contribution in [2.45, 2.75) is 19.3 Å². The van der Waals surface area contributed by atoms with E-state index in [9.17, 15) is 4.79 Å². The summed E-state index contributed by atoms with van der Waals surface area (Å²) >= 11 is 0. The van der Waals surface area contributed by atoms with Gasteiger partial charge in [-0.1, -0.05) is 0 Å². The van der Waals surface area contributed by atoms with E-state index in [4.69, 9.17) is 0 Å². The van der Waals surface area contributed by atoms with Gasteiger partial charge in [0.2, 0.25) is 12.2 Å². The Balaban J connectivity index is 2.11. The maximum Gasteiger partial charge on any atom is 0.236 e. The lowest BCUT2D eigenvalue weighted by Crippen LogP contribution is -2.30. The molecule has 4 heteroatoms. The third-order valence-corrected chi connectivity index (χ3v) is 2.39. The van der Waals surface area contributed by atoms with Crippen LogP contribution in [-0.4, -0.2) is 29.3 Å². The van der Waals surface area contributed by atoms with Crippen molar-refractivity contribution >= 4 is 12.2 Å². The van der Waals surface area contributed by atoms with Crippen LogP contribution in [0, 0.1) is 0 Å². The number of rotatable bonds is 2. The summed E-state index contributed by atoms with van der Waals surface area (Å²) in [5, 5.41) is 0. The van der Waals surface area contributed by atoms with Gasteiger partial charge in [0.05, 0.1) is 5.56 Å². The number of nitrogens with zero attached hydrogens (tertiary/aromatic N) is 3. The second-order valence-electron chi connectivity index (χ2n) is 3.42. The van der Waals surface area contributed by atoms with Crippen LogP contribution in [0.3, 0.4) is 0 Å². The van der Waals surface area contributed by atoms with E-state index >= 15 is 0 Å². The third kappa shape index (κ3) is 1.89. The minimum Gasteiger partial charge on any atom is -0.341 e. The quantitative estimate of drug-likeness (QED) is 0.695. The average molecular weight is 190 g/mol. The fourth-order valence-electron chi connectivity index (χ4n) is 1.63. The summed E-state index contributed by atoms with van der Waals surface area (Å²) in [7, 11) is 0. The van der Waals surface area contributed by atoms with Crippen LogP contribution >= 0.6 is 0 Å². The van der Waals surface area contributed by atoms with Gasteiger partial charge in [0.1, 0.15) is 0 Å². The molecule has 1 aromatic rings. The van der Waals surface area contributed by atoms with Gasteiger partial charge in [0.25, 0.3) is 0 Å². The monoisotopic (exact) mass is 190 g/mol. The summed E-state index contributed by atoms with van der Waals surface area (Å²) in [4.78, 5) is 20.7. The van der Waals surface area contributed by atoms with Crippen molar-refractivity contribution in [1.29, 1.82) is 0 Å². The molecule has 1 fully saturated rings. The number of hydrogen-bond acceptors (Lipinski definition) is 4. The minimum absolute atomic E-state index is 0.408. The van der Waals surface area contributed by atoms with Crippen molar-refractivity contribution in [1.82, 2.24) is 9.97 Å². The molecule has 2 heterocycles. The zero-order valence-corrected chi connectivity index (χ0v) is 7.94. The van der Waals surface area contributed by atoms with Gasteiger partial charge in [-0.25, -0.2) is 9.97 Å². The van der Waals surface area contributed by atoms with E-state index < -0.39 is 0 Å². The van der Waals surface area contributed by atoms with E-state index in [1.54, 1.807) is 6.29 Å². The molecule has 73 valence electrons. The molecule has 1 aliphatic heterocycles. The van der Waals surface area contributed by atoms with Gasteiger partial charge in [0, 0.05) is 25.5 Å². The highest BCUT2D eigenvalue weighted by Crippen LogP contribution is 2.14. The minimum atomic E-state index is 0.408. The maximum absolute atomic E-state index is 10.3. The second-order valence-corrected chi connectivity index (χ2v) is 3.42. The Hall–Kier alpha value is -1.45. The highest BCUT2D eigenvalue weighted by Gasteiger charge is 2.12. The van der Waals surface area contributed by atoms with E-state index in [0.29, 0.717) is 5.56 Å². The zero-order valence-electron chi connectivity index (χ0n) is 7.94. The highest BCUT2D eigenvalue weighted by molar-refractivity contribution is 5.74. The summed E-state index contributed by atoms with van der Waals surface area (Å²) in [5.74, 6) is 0.726. The van der Waals surface area contributed by atoms with Crippen molar-refractivity contribution in [3.8, 4) is 0 Å². The number of carbonyl (C=O) groups excluding carboxylic acids is 1. The van der Waals surface area contributed by atoms with E-state index in [2.05, 4.69) is 14.9 Å². The molecule has 0 unspecified atom stereocenters. The standard InChI is InChI=1S/C10H12N3O/c14-8-9-6-11-10(12-7-9)13-4-2-1-3-5-13/h6-7H,1-5H2. The molecule has 0 saturated carbocycles. The first-order valence-corrected chi connectivity index (χ1v) is 4.85. The van der Waals surface area contributed by atoms with Gasteiger partial charge in [-0.3, -0.25) is 4.79 Å². The number of hydrogen-bond donors (Lipinski definition) is 0. The molecule has 4 nitrogen and oxygen atoms in total. The first-order chi connectivity index (χ1) is 6.90. The molecule has 0 aromatic carbocycles. The summed E-state index contributed by atoms with van der Waals surface area (Å²) < 4.78 is 0. The molecule has 1 radical (unpaired) electrons. The number of anilines is 1. The van der Waals surface area contributed by atoms with Gasteiger partial charge in [-0.05, 0) is 19.3 Å². The fraction of sp³-hybridized carbons (Fsp3) is 0.500. The van der Waals surface area contributed by atoms with E-state index in [1.807, 2.05) is 0 Å². The van der Waals surface area contributed by atoms with E-state index in [0.717, 1.165) is 19.0 Å². The lowest BCUT2D eigenvalue weighted by atomic mass is 10.1. The van der Waals surface area contributed by atoms with Gasteiger partial charge >= 0.3 is 0 Å². The lowest BCUT2D eigenvalue weighted by Gasteiger charge is -2.26. The van der Waals surface area contributed by atoms with Crippen LogP contribution in [0.25, 0.3) is 0 Å². The molecular formula is C10H12N3O. The van der Waals surface area contributed by atoms with Crippen LogP contribution in [0.1, 0.15) is 24.8 Å². The summed E-state index contributed by atoms with van der Waals surface area (Å²) in [6.45, 7) is 2.04. The second kappa shape index (κ2) is 4.17.